The van der Waals surface area contributed by atoms with E-state index in [4.69, 9.17) is 9.05 Å². The highest BCUT2D eigenvalue weighted by Crippen LogP contribution is 2.62. The molecule has 0 spiro atoms. The number of rotatable bonds is 7. The van der Waals surface area contributed by atoms with Gasteiger partial charge < -0.3 is 9.05 Å². The maximum absolute atomic E-state index is 12.6. The van der Waals surface area contributed by atoms with Crippen molar-refractivity contribution in [3.05, 3.63) is 0 Å². The van der Waals surface area contributed by atoms with Crippen LogP contribution in [0.15, 0.2) is 0 Å². The van der Waals surface area contributed by atoms with Gasteiger partial charge in [-0.25, -0.2) is 8.42 Å². The molecule has 0 aromatic heterocycles. The lowest BCUT2D eigenvalue weighted by Crippen LogP contribution is -2.38. The fourth-order valence-electron chi connectivity index (χ4n) is 1.42. The minimum atomic E-state index is -3.69. The molecule has 0 N–H and O–H groups in total. The van der Waals surface area contributed by atoms with Gasteiger partial charge in [0.05, 0.1) is 18.5 Å². The molecule has 17 heavy (non-hydrogen) atoms. The van der Waals surface area contributed by atoms with Crippen LogP contribution in [0.25, 0.3) is 0 Å². The van der Waals surface area contributed by atoms with Crippen LogP contribution < -0.4 is 0 Å². The number of hydrogen-bond acceptors (Lipinski definition) is 5. The lowest BCUT2D eigenvalue weighted by molar-refractivity contribution is 0.210. The van der Waals surface area contributed by atoms with Crippen LogP contribution in [0.1, 0.15) is 41.5 Å². The summed E-state index contributed by atoms with van der Waals surface area (Å²) in [6, 6.07) is 0. The molecule has 0 aliphatic rings. The molecule has 104 valence electrons. The minimum Gasteiger partial charge on any atom is -0.308 e. The first-order valence-corrected chi connectivity index (χ1v) is 8.78. The predicted octanol–water partition coefficient (Wildman–Crippen LogP) is 2.81. The molecule has 0 unspecified atom stereocenters. The van der Waals surface area contributed by atoms with E-state index in [2.05, 4.69) is 0 Å². The van der Waals surface area contributed by atoms with Crippen LogP contribution in [-0.4, -0.2) is 31.4 Å². The van der Waals surface area contributed by atoms with E-state index in [-0.39, 0.29) is 13.2 Å². The van der Waals surface area contributed by atoms with E-state index >= 15 is 0 Å². The van der Waals surface area contributed by atoms with Crippen LogP contribution in [0.4, 0.5) is 0 Å². The summed E-state index contributed by atoms with van der Waals surface area (Å²) in [4.78, 5) is 0. The third kappa shape index (κ3) is 3.11. The van der Waals surface area contributed by atoms with Gasteiger partial charge in [-0.05, 0) is 41.5 Å². The van der Waals surface area contributed by atoms with Gasteiger partial charge in [-0.2, -0.15) is 0 Å². The second-order valence-electron chi connectivity index (χ2n) is 4.37. The van der Waals surface area contributed by atoms with Gasteiger partial charge in [0.2, 0.25) is 0 Å². The zero-order chi connectivity index (χ0) is 13.9. The zero-order valence-electron chi connectivity index (χ0n) is 11.4. The molecule has 0 saturated carbocycles. The molecule has 0 aromatic rings. The van der Waals surface area contributed by atoms with Gasteiger partial charge in [0, 0.05) is 0 Å². The first-order chi connectivity index (χ1) is 7.56. The average Bonchev–Trinajstić information content (AvgIpc) is 2.17. The Labute approximate surface area is 104 Å². The highest BCUT2D eigenvalue weighted by Gasteiger charge is 2.54. The lowest BCUT2D eigenvalue weighted by atomic mass is 10.5. The standard InChI is InChI=1S/C10H23O5PS/c1-7-14-16(11,15-8-2)10(5,6)17(12,13)9(3)4/h9H,7-8H2,1-6H3. The SMILES string of the molecule is CCOP(=O)(OCC)C(C)(C)S(=O)(=O)C(C)C. The second kappa shape index (κ2) is 5.83. The van der Waals surface area contributed by atoms with E-state index in [0.29, 0.717) is 0 Å². The fourth-order valence-corrected chi connectivity index (χ4v) is 6.15. The zero-order valence-corrected chi connectivity index (χ0v) is 13.1. The number of sulfone groups is 1. The molecule has 0 bridgehead atoms. The van der Waals surface area contributed by atoms with Gasteiger partial charge in [0.1, 0.15) is 0 Å². The summed E-state index contributed by atoms with van der Waals surface area (Å²) in [5.74, 6) is 0. The summed E-state index contributed by atoms with van der Waals surface area (Å²) in [5.41, 5.74) is 0. The Morgan fingerprint density at radius 3 is 1.71 bits per heavy atom. The van der Waals surface area contributed by atoms with Crippen LogP contribution in [0, 0.1) is 0 Å². The van der Waals surface area contributed by atoms with Crippen molar-refractivity contribution in [3.8, 4) is 0 Å². The van der Waals surface area contributed by atoms with Crippen molar-refractivity contribution in [2.45, 2.75) is 51.3 Å². The molecule has 0 aromatic carbocycles. The quantitative estimate of drug-likeness (QED) is 0.673. The van der Waals surface area contributed by atoms with E-state index < -0.39 is 27.2 Å². The van der Waals surface area contributed by atoms with Gasteiger partial charge in [-0.3, -0.25) is 4.57 Å². The van der Waals surface area contributed by atoms with Crippen molar-refractivity contribution in [1.29, 1.82) is 0 Å². The minimum absolute atomic E-state index is 0.147. The summed E-state index contributed by atoms with van der Waals surface area (Å²) < 4.78 is 45.7. The molecule has 0 radical (unpaired) electrons. The van der Waals surface area contributed by atoms with E-state index in [0.717, 1.165) is 0 Å². The van der Waals surface area contributed by atoms with E-state index in [1.54, 1.807) is 27.7 Å². The highest BCUT2D eigenvalue weighted by atomic mass is 32.2. The lowest BCUT2D eigenvalue weighted by Gasteiger charge is -2.33. The van der Waals surface area contributed by atoms with Crippen molar-refractivity contribution in [1.82, 2.24) is 0 Å². The Morgan fingerprint density at radius 1 is 1.12 bits per heavy atom. The smallest absolute Gasteiger partial charge is 0.308 e. The van der Waals surface area contributed by atoms with Crippen LogP contribution in [0.5, 0.6) is 0 Å². The van der Waals surface area contributed by atoms with Gasteiger partial charge in [-0.15, -0.1) is 0 Å². The van der Waals surface area contributed by atoms with Gasteiger partial charge in [0.15, 0.2) is 14.3 Å². The van der Waals surface area contributed by atoms with E-state index in [9.17, 15) is 13.0 Å². The average molecular weight is 286 g/mol. The molecule has 0 heterocycles. The van der Waals surface area contributed by atoms with E-state index in [1.165, 1.54) is 13.8 Å². The molecular formula is C10H23O5PS. The Balaban J connectivity index is 5.61. The maximum atomic E-state index is 12.6. The first-order valence-electron chi connectivity index (χ1n) is 5.69. The second-order valence-corrected chi connectivity index (χ2v) is 10.4. The highest BCUT2D eigenvalue weighted by molar-refractivity contribution is 8.00. The number of hydrogen-bond donors (Lipinski definition) is 0. The summed E-state index contributed by atoms with van der Waals surface area (Å²) in [5, 5.41) is -0.633. The monoisotopic (exact) mass is 286 g/mol. The topological polar surface area (TPSA) is 69.7 Å². The third-order valence-electron chi connectivity index (χ3n) is 2.57. The molecular weight excluding hydrogens is 263 g/mol. The third-order valence-corrected chi connectivity index (χ3v) is 9.16. The van der Waals surface area contributed by atoms with Crippen molar-refractivity contribution in [2.24, 2.45) is 0 Å². The van der Waals surface area contributed by atoms with Gasteiger partial charge in [-0.1, -0.05) is 0 Å². The van der Waals surface area contributed by atoms with Crippen LogP contribution in [0.3, 0.4) is 0 Å². The Kier molecular flexibility index (Phi) is 5.86. The van der Waals surface area contributed by atoms with E-state index in [1.807, 2.05) is 0 Å². The molecule has 5 nitrogen and oxygen atoms in total. The van der Waals surface area contributed by atoms with Gasteiger partial charge >= 0.3 is 7.60 Å². The van der Waals surface area contributed by atoms with Gasteiger partial charge in [0.25, 0.3) is 0 Å². The predicted molar refractivity (Wildman–Crippen MR) is 69.0 cm³/mol. The fraction of sp³-hybridized carbons (Fsp3) is 1.00. The van der Waals surface area contributed by atoms with Crippen LogP contribution >= 0.6 is 7.60 Å². The molecule has 0 aliphatic carbocycles. The van der Waals surface area contributed by atoms with Crippen molar-refractivity contribution in [2.75, 3.05) is 13.2 Å². The molecule has 0 atom stereocenters. The van der Waals surface area contributed by atoms with Crippen molar-refractivity contribution >= 4 is 17.4 Å². The molecule has 7 heteroatoms. The molecule has 0 fully saturated rings. The first kappa shape index (κ1) is 17.1. The Hall–Kier alpha value is 0.100. The molecule has 0 amide bonds. The largest absolute Gasteiger partial charge is 0.351 e. The molecule has 0 saturated heterocycles. The molecule has 0 rings (SSSR count). The molecule has 0 aliphatic heterocycles. The maximum Gasteiger partial charge on any atom is 0.351 e. The Bertz CT molecular complexity index is 376. The summed E-state index contributed by atoms with van der Waals surface area (Å²) in [7, 11) is -7.28. The van der Waals surface area contributed by atoms with Crippen LogP contribution in [-0.2, 0) is 23.4 Å². The van der Waals surface area contributed by atoms with Crippen molar-refractivity contribution < 1.29 is 22.0 Å². The van der Waals surface area contributed by atoms with Crippen LogP contribution in [0.2, 0.25) is 0 Å². The summed E-state index contributed by atoms with van der Waals surface area (Å²) in [6.45, 7) is 9.51. The Morgan fingerprint density at radius 2 is 1.47 bits per heavy atom. The van der Waals surface area contributed by atoms with Crippen molar-refractivity contribution in [3.63, 3.8) is 0 Å². The summed E-state index contributed by atoms with van der Waals surface area (Å²) in [6.07, 6.45) is 0. The summed E-state index contributed by atoms with van der Waals surface area (Å²) >= 11 is 0. The normalized spacial score (nSPS) is 14.3.